The quantitative estimate of drug-likeness (QED) is 0.335. The van der Waals surface area contributed by atoms with E-state index in [2.05, 4.69) is 4.90 Å². The highest BCUT2D eigenvalue weighted by Crippen LogP contribution is 2.53. The second kappa shape index (κ2) is 11.3. The minimum Gasteiger partial charge on any atom is -0.489 e. The van der Waals surface area contributed by atoms with Crippen LogP contribution >= 0.6 is 23.2 Å². The lowest BCUT2D eigenvalue weighted by molar-refractivity contribution is -0.138. The van der Waals surface area contributed by atoms with Crippen molar-refractivity contribution < 1.29 is 17.9 Å². The average Bonchev–Trinajstić information content (AvgIpc) is 3.38. The van der Waals surface area contributed by atoms with Crippen LogP contribution in [-0.4, -0.2) is 56.8 Å². The molecule has 1 amide bonds. The van der Waals surface area contributed by atoms with Crippen LogP contribution in [0.25, 0.3) is 0 Å². The first kappa shape index (κ1) is 28.5. The van der Waals surface area contributed by atoms with Crippen molar-refractivity contribution in [2.24, 2.45) is 5.92 Å². The lowest BCUT2D eigenvalue weighted by Crippen LogP contribution is -2.54. The molecular formula is C32H34Cl2N2O4S. The van der Waals surface area contributed by atoms with Gasteiger partial charge < -0.3 is 14.5 Å². The van der Waals surface area contributed by atoms with Gasteiger partial charge in [-0.2, -0.15) is 0 Å². The van der Waals surface area contributed by atoms with Crippen molar-refractivity contribution in [3.8, 4) is 5.75 Å². The standard InChI is InChI=1S/C32H34Cl2N2O4S/c1-35-17-6-7-23(20-35)31(37)36-18-16-32(41(38,39)25-8-3-2-4-9-25)27-14-13-24(19-22(27)12-15-30(32)36)40-21-26-28(33)10-5-11-29(26)34/h2-5,8-11,13-14,19,23,30H,6-7,12,15-18,20-21H2,1H3/t23?,30-,32-/m1/s1. The Morgan fingerprint density at radius 1 is 1.00 bits per heavy atom. The Balaban J connectivity index is 1.37. The molecule has 2 aliphatic heterocycles. The molecule has 0 bridgehead atoms. The van der Waals surface area contributed by atoms with Crippen molar-refractivity contribution >= 4 is 38.9 Å². The Labute approximate surface area is 252 Å². The molecule has 2 heterocycles. The molecule has 1 aliphatic carbocycles. The molecule has 3 aromatic rings. The van der Waals surface area contributed by atoms with E-state index >= 15 is 0 Å². The van der Waals surface area contributed by atoms with E-state index in [1.165, 1.54) is 0 Å². The number of likely N-dealkylation sites (tertiary alicyclic amines) is 2. The van der Waals surface area contributed by atoms with Crippen molar-refractivity contribution in [2.75, 3.05) is 26.7 Å². The Morgan fingerprint density at radius 3 is 2.49 bits per heavy atom. The first-order chi connectivity index (χ1) is 19.7. The van der Waals surface area contributed by atoms with Gasteiger partial charge in [-0.15, -0.1) is 0 Å². The monoisotopic (exact) mass is 612 g/mol. The number of hydrogen-bond donors (Lipinski definition) is 0. The fourth-order valence-electron chi connectivity index (χ4n) is 7.10. The Bertz CT molecular complexity index is 1540. The molecule has 0 saturated carbocycles. The molecule has 1 unspecified atom stereocenters. The smallest absolute Gasteiger partial charge is 0.227 e. The SMILES string of the molecule is CN1CCCC(C(=O)N2CC[C@@]3(S(=O)(=O)c4ccccc4)c4ccc(OCc5c(Cl)cccc5Cl)cc4CC[C@@H]23)C1. The number of sulfone groups is 1. The highest BCUT2D eigenvalue weighted by Gasteiger charge is 2.61. The van der Waals surface area contributed by atoms with Crippen LogP contribution in [0.3, 0.4) is 0 Å². The number of benzene rings is 3. The van der Waals surface area contributed by atoms with Crippen LogP contribution < -0.4 is 4.74 Å². The molecule has 0 N–H and O–H groups in total. The molecule has 2 saturated heterocycles. The Hall–Kier alpha value is -2.58. The van der Waals surface area contributed by atoms with Gasteiger partial charge in [0.2, 0.25) is 5.91 Å². The summed E-state index contributed by atoms with van der Waals surface area (Å²) in [7, 11) is -1.80. The first-order valence-corrected chi connectivity index (χ1v) is 16.4. The van der Waals surface area contributed by atoms with Gasteiger partial charge in [-0.3, -0.25) is 4.79 Å². The third-order valence-corrected chi connectivity index (χ3v) is 12.3. The number of piperidine rings is 1. The number of nitrogens with zero attached hydrogens (tertiary/aromatic N) is 2. The maximum Gasteiger partial charge on any atom is 0.227 e. The van der Waals surface area contributed by atoms with Crippen LogP contribution in [0.5, 0.6) is 5.75 Å². The summed E-state index contributed by atoms with van der Waals surface area (Å²) < 4.78 is 34.1. The topological polar surface area (TPSA) is 66.9 Å². The third-order valence-electron chi connectivity index (χ3n) is 9.09. The number of ether oxygens (including phenoxy) is 1. The maximum atomic E-state index is 14.6. The zero-order valence-corrected chi connectivity index (χ0v) is 25.4. The third kappa shape index (κ3) is 4.95. The van der Waals surface area contributed by atoms with E-state index in [1.807, 2.05) is 36.2 Å². The van der Waals surface area contributed by atoms with Crippen LogP contribution in [0.1, 0.15) is 42.4 Å². The van der Waals surface area contributed by atoms with Crippen LogP contribution in [0, 0.1) is 5.92 Å². The number of halogens is 2. The first-order valence-electron chi connectivity index (χ1n) is 14.2. The Kier molecular flexibility index (Phi) is 7.83. The largest absolute Gasteiger partial charge is 0.489 e. The number of fused-ring (bicyclic) bond motifs is 3. The van der Waals surface area contributed by atoms with Crippen LogP contribution in [0.4, 0.5) is 0 Å². The minimum atomic E-state index is -3.84. The fraction of sp³-hybridized carbons (Fsp3) is 0.406. The summed E-state index contributed by atoms with van der Waals surface area (Å²) in [5.41, 5.74) is 2.42. The second-order valence-corrected chi connectivity index (χ2v) is 14.5. The van der Waals surface area contributed by atoms with E-state index in [9.17, 15) is 13.2 Å². The van der Waals surface area contributed by atoms with Crippen LogP contribution in [0.15, 0.2) is 71.6 Å². The van der Waals surface area contributed by atoms with E-state index in [0.717, 1.165) is 30.5 Å². The summed E-state index contributed by atoms with van der Waals surface area (Å²) in [6, 6.07) is 19.3. The van der Waals surface area contributed by atoms with Gasteiger partial charge in [0.25, 0.3) is 0 Å². The Morgan fingerprint density at radius 2 is 1.76 bits per heavy atom. The molecule has 0 spiro atoms. The summed E-state index contributed by atoms with van der Waals surface area (Å²) in [5.74, 6) is 0.617. The number of rotatable bonds is 6. The molecule has 3 aromatic carbocycles. The van der Waals surface area contributed by atoms with Crippen molar-refractivity contribution in [1.29, 1.82) is 0 Å². The zero-order chi connectivity index (χ0) is 28.8. The van der Waals surface area contributed by atoms with Crippen LogP contribution in [-0.2, 0) is 32.4 Å². The molecule has 9 heteroatoms. The summed E-state index contributed by atoms with van der Waals surface area (Å²) in [4.78, 5) is 18.3. The molecule has 0 radical (unpaired) electrons. The predicted molar refractivity (Wildman–Crippen MR) is 161 cm³/mol. The highest BCUT2D eigenvalue weighted by atomic mass is 35.5. The van der Waals surface area contributed by atoms with E-state index in [1.54, 1.807) is 42.5 Å². The number of aryl methyl sites for hydroxylation is 1. The molecule has 2 fully saturated rings. The van der Waals surface area contributed by atoms with Gasteiger partial charge in [-0.1, -0.05) is 53.5 Å². The minimum absolute atomic E-state index is 0.0895. The maximum absolute atomic E-state index is 14.6. The normalized spacial score (nSPS) is 24.5. The molecule has 3 atom stereocenters. The number of carbonyl (C=O) groups excluding carboxylic acids is 1. The van der Waals surface area contributed by atoms with E-state index in [0.29, 0.717) is 58.6 Å². The molecule has 6 nitrogen and oxygen atoms in total. The molecule has 41 heavy (non-hydrogen) atoms. The van der Waals surface area contributed by atoms with Crippen molar-refractivity contribution in [3.63, 3.8) is 0 Å². The molecule has 216 valence electrons. The van der Waals surface area contributed by atoms with E-state index in [-0.39, 0.29) is 18.4 Å². The van der Waals surface area contributed by atoms with Gasteiger partial charge in [-0.25, -0.2) is 8.42 Å². The summed E-state index contributed by atoms with van der Waals surface area (Å²) in [6.45, 7) is 2.33. The van der Waals surface area contributed by atoms with Crippen molar-refractivity contribution in [1.82, 2.24) is 9.80 Å². The number of hydrogen-bond acceptors (Lipinski definition) is 5. The molecular weight excluding hydrogens is 579 g/mol. The second-order valence-electron chi connectivity index (χ2n) is 11.5. The summed E-state index contributed by atoms with van der Waals surface area (Å²) in [5, 5.41) is 1.07. The summed E-state index contributed by atoms with van der Waals surface area (Å²) in [6.07, 6.45) is 3.42. The van der Waals surface area contributed by atoms with Gasteiger partial charge in [0.05, 0.1) is 16.9 Å². The van der Waals surface area contributed by atoms with Gasteiger partial charge in [0.1, 0.15) is 17.1 Å². The fourth-order valence-corrected chi connectivity index (χ4v) is 9.99. The molecule has 6 rings (SSSR count). The van der Waals surface area contributed by atoms with Gasteiger partial charge in [0.15, 0.2) is 9.84 Å². The number of carbonyl (C=O) groups is 1. The van der Waals surface area contributed by atoms with E-state index < -0.39 is 20.6 Å². The summed E-state index contributed by atoms with van der Waals surface area (Å²) >= 11 is 12.7. The van der Waals surface area contributed by atoms with Gasteiger partial charge in [-0.05, 0) is 93.2 Å². The van der Waals surface area contributed by atoms with Crippen molar-refractivity contribution in [2.45, 2.75) is 54.4 Å². The van der Waals surface area contributed by atoms with Gasteiger partial charge >= 0.3 is 0 Å². The molecule has 3 aliphatic rings. The molecule has 0 aromatic heterocycles. The average molecular weight is 614 g/mol. The van der Waals surface area contributed by atoms with Crippen molar-refractivity contribution in [3.05, 3.63) is 93.5 Å². The number of amides is 1. The lowest BCUT2D eigenvalue weighted by Gasteiger charge is -2.43. The van der Waals surface area contributed by atoms with Gasteiger partial charge in [0, 0.05) is 28.7 Å². The predicted octanol–water partition coefficient (Wildman–Crippen LogP) is 6.13. The zero-order valence-electron chi connectivity index (χ0n) is 23.1. The van der Waals surface area contributed by atoms with E-state index in [4.69, 9.17) is 27.9 Å². The highest BCUT2D eigenvalue weighted by molar-refractivity contribution is 7.92. The van der Waals surface area contributed by atoms with Crippen LogP contribution in [0.2, 0.25) is 10.0 Å². The lowest BCUT2D eigenvalue weighted by atomic mass is 9.78.